The second-order valence-electron chi connectivity index (χ2n) is 0. The van der Waals surface area contributed by atoms with Crippen LogP contribution in [0.4, 0.5) is 0 Å². The van der Waals surface area contributed by atoms with E-state index in [4.69, 9.17) is 0 Å². The van der Waals surface area contributed by atoms with E-state index in [1.54, 1.807) is 0 Å². The van der Waals surface area contributed by atoms with Crippen LogP contribution >= 0.6 is 49.6 Å². The molecule has 0 heterocycles. The van der Waals surface area contributed by atoms with Crippen molar-refractivity contribution >= 4 is 49.6 Å². The van der Waals surface area contributed by atoms with Crippen LogP contribution in [-0.2, 0) is 32.7 Å². The quantitative estimate of drug-likeness (QED) is 0.599. The molecule has 0 spiro atoms. The van der Waals surface area contributed by atoms with E-state index in [0.29, 0.717) is 0 Å². The number of hydrogen-bond donors (Lipinski definition) is 0. The predicted molar refractivity (Wildman–Crippen MR) is 29.0 cm³/mol. The van der Waals surface area contributed by atoms with Gasteiger partial charge in [-0.25, -0.2) is 0 Å². The molecule has 5 heteroatoms. The van der Waals surface area contributed by atoms with Crippen LogP contribution in [0, 0.1) is 0 Å². The first-order valence-electron chi connectivity index (χ1n) is 0. The Morgan fingerprint density at radius 3 is 0.400 bits per heavy atom. The monoisotopic (exact) mass is 233 g/mol. The SMILES string of the molecule is Cl.Cl.Cl.Cl.[Y]. The molecule has 0 rings (SSSR count). The molecule has 1 radical (unpaired) electrons. The molecule has 0 fully saturated rings. The fourth-order valence-corrected chi connectivity index (χ4v) is 0. The van der Waals surface area contributed by atoms with Crippen LogP contribution in [-0.4, -0.2) is 0 Å². The molecule has 0 aliphatic rings. The Balaban J connectivity index is 0. The maximum Gasteiger partial charge on any atom is 0 e. The van der Waals surface area contributed by atoms with Crippen molar-refractivity contribution in [1.29, 1.82) is 0 Å². The third kappa shape index (κ3) is 22.2. The maximum atomic E-state index is 0. The molecular formula is H4Cl4Y. The molecule has 0 aromatic rings. The molecule has 0 bridgehead atoms. The zero-order valence-electron chi connectivity index (χ0n) is 2.21. The van der Waals surface area contributed by atoms with Gasteiger partial charge in [-0.3, -0.25) is 0 Å². The Morgan fingerprint density at radius 2 is 0.400 bits per heavy atom. The van der Waals surface area contributed by atoms with Gasteiger partial charge in [0.2, 0.25) is 0 Å². The normalized spacial score (nSPS) is 0. The summed E-state index contributed by atoms with van der Waals surface area (Å²) >= 11 is 0. The third-order valence-corrected chi connectivity index (χ3v) is 0. The molecular weight excluding hydrogens is 231 g/mol. The minimum absolute atomic E-state index is 0. The molecule has 0 N–H and O–H groups in total. The molecule has 0 unspecified atom stereocenters. The molecule has 0 saturated heterocycles. The summed E-state index contributed by atoms with van der Waals surface area (Å²) in [6.07, 6.45) is 0. The van der Waals surface area contributed by atoms with Gasteiger partial charge in [0.25, 0.3) is 0 Å². The summed E-state index contributed by atoms with van der Waals surface area (Å²) in [5, 5.41) is 0. The molecule has 0 amide bonds. The van der Waals surface area contributed by atoms with Crippen molar-refractivity contribution in [3.63, 3.8) is 0 Å². The molecule has 0 saturated carbocycles. The van der Waals surface area contributed by atoms with Gasteiger partial charge in [-0.05, 0) is 0 Å². The van der Waals surface area contributed by atoms with E-state index in [1.165, 1.54) is 0 Å². The van der Waals surface area contributed by atoms with E-state index in [-0.39, 0.29) is 82.3 Å². The first-order valence-corrected chi connectivity index (χ1v) is 0. The molecule has 0 aromatic heterocycles. The van der Waals surface area contributed by atoms with Crippen LogP contribution in [0.2, 0.25) is 0 Å². The van der Waals surface area contributed by atoms with Gasteiger partial charge in [0, 0.05) is 32.7 Å². The van der Waals surface area contributed by atoms with Crippen LogP contribution in [0.25, 0.3) is 0 Å². The zero-order chi connectivity index (χ0) is 0. The van der Waals surface area contributed by atoms with Crippen molar-refractivity contribution in [1.82, 2.24) is 0 Å². The van der Waals surface area contributed by atoms with Crippen molar-refractivity contribution in [3.05, 3.63) is 0 Å². The van der Waals surface area contributed by atoms with Crippen molar-refractivity contribution < 1.29 is 32.7 Å². The van der Waals surface area contributed by atoms with Crippen LogP contribution < -0.4 is 0 Å². The smallest absolute Gasteiger partial charge is 0 e. The average molecular weight is 235 g/mol. The minimum atomic E-state index is 0. The molecule has 5 heavy (non-hydrogen) atoms. The minimum Gasteiger partial charge on any atom is -0.147 e. The van der Waals surface area contributed by atoms with E-state index >= 15 is 0 Å². The Morgan fingerprint density at radius 1 is 0.400 bits per heavy atom. The molecule has 0 aliphatic carbocycles. The zero-order valence-corrected chi connectivity index (χ0v) is 8.31. The molecule has 35 valence electrons. The molecule has 0 nitrogen and oxygen atoms in total. The van der Waals surface area contributed by atoms with Gasteiger partial charge in [-0.1, -0.05) is 0 Å². The second kappa shape index (κ2) is 33.9. The topological polar surface area (TPSA) is 0 Å². The Kier molecular flexibility index (Phi) is 377. The maximum absolute atomic E-state index is 0. The number of hydrogen-bond acceptors (Lipinski definition) is 0. The van der Waals surface area contributed by atoms with Gasteiger partial charge in [0.1, 0.15) is 0 Å². The fourth-order valence-electron chi connectivity index (χ4n) is 0. The average Bonchev–Trinajstić information content (AvgIpc) is 0. The summed E-state index contributed by atoms with van der Waals surface area (Å²) in [7, 11) is 0. The summed E-state index contributed by atoms with van der Waals surface area (Å²) in [5.74, 6) is 0. The van der Waals surface area contributed by atoms with E-state index in [1.807, 2.05) is 0 Å². The summed E-state index contributed by atoms with van der Waals surface area (Å²) < 4.78 is 0. The van der Waals surface area contributed by atoms with Gasteiger partial charge in [0.05, 0.1) is 0 Å². The van der Waals surface area contributed by atoms with E-state index < -0.39 is 0 Å². The van der Waals surface area contributed by atoms with Crippen LogP contribution in [0.3, 0.4) is 0 Å². The molecule has 0 aromatic carbocycles. The van der Waals surface area contributed by atoms with E-state index in [9.17, 15) is 0 Å². The van der Waals surface area contributed by atoms with Crippen molar-refractivity contribution in [2.75, 3.05) is 0 Å². The van der Waals surface area contributed by atoms with E-state index in [0.717, 1.165) is 0 Å². The predicted octanol–water partition coefficient (Wildman–Crippen LogP) is 1.68. The number of halogens is 4. The summed E-state index contributed by atoms with van der Waals surface area (Å²) in [6, 6.07) is 0. The molecule has 0 aliphatic heterocycles. The van der Waals surface area contributed by atoms with Gasteiger partial charge in [-0.2, -0.15) is 0 Å². The van der Waals surface area contributed by atoms with Crippen LogP contribution in [0.5, 0.6) is 0 Å². The Hall–Kier alpha value is 2.26. The summed E-state index contributed by atoms with van der Waals surface area (Å²) in [6.45, 7) is 0. The van der Waals surface area contributed by atoms with Crippen molar-refractivity contribution in [3.8, 4) is 0 Å². The van der Waals surface area contributed by atoms with Crippen LogP contribution in [0.1, 0.15) is 0 Å². The molecule has 0 atom stereocenters. The van der Waals surface area contributed by atoms with Crippen molar-refractivity contribution in [2.45, 2.75) is 0 Å². The van der Waals surface area contributed by atoms with Gasteiger partial charge < -0.3 is 0 Å². The summed E-state index contributed by atoms with van der Waals surface area (Å²) in [4.78, 5) is 0. The van der Waals surface area contributed by atoms with Gasteiger partial charge in [0.15, 0.2) is 0 Å². The van der Waals surface area contributed by atoms with Gasteiger partial charge >= 0.3 is 0 Å². The fraction of sp³-hybridized carbons (Fsp3) is 0. The second-order valence-corrected chi connectivity index (χ2v) is 0. The van der Waals surface area contributed by atoms with Gasteiger partial charge in [-0.15, -0.1) is 49.6 Å². The Bertz CT molecular complexity index is 3.61. The largest absolute Gasteiger partial charge is 0.147 e. The standard InChI is InChI=1S/4ClH.Y/h4*1H;. The Labute approximate surface area is 81.4 Å². The first kappa shape index (κ1) is 55.6. The van der Waals surface area contributed by atoms with Crippen LogP contribution in [0.15, 0.2) is 0 Å². The summed E-state index contributed by atoms with van der Waals surface area (Å²) in [5.41, 5.74) is 0. The van der Waals surface area contributed by atoms with E-state index in [2.05, 4.69) is 0 Å². The first-order chi connectivity index (χ1) is 0. The number of rotatable bonds is 0. The third-order valence-electron chi connectivity index (χ3n) is 0. The van der Waals surface area contributed by atoms with Crippen molar-refractivity contribution in [2.24, 2.45) is 0 Å².